The summed E-state index contributed by atoms with van der Waals surface area (Å²) >= 11 is 0. The summed E-state index contributed by atoms with van der Waals surface area (Å²) < 4.78 is 22.0. The number of hydrogen-bond acceptors (Lipinski definition) is 6. The molecule has 31 heavy (non-hydrogen) atoms. The molecule has 0 bridgehead atoms. The Morgan fingerprint density at radius 3 is 2.39 bits per heavy atom. The molecule has 1 amide bonds. The van der Waals surface area contributed by atoms with E-state index >= 15 is 0 Å². The molecule has 0 saturated heterocycles. The van der Waals surface area contributed by atoms with Crippen LogP contribution in [0, 0.1) is 11.3 Å². The molecule has 0 aliphatic carbocycles. The Kier molecular flexibility index (Phi) is 8.77. The maximum absolute atomic E-state index is 12.3. The van der Waals surface area contributed by atoms with Crippen molar-refractivity contribution in [1.29, 1.82) is 5.26 Å². The van der Waals surface area contributed by atoms with Crippen LogP contribution in [-0.2, 0) is 11.4 Å². The van der Waals surface area contributed by atoms with Crippen LogP contribution in [0.4, 0.5) is 0 Å². The Labute approximate surface area is 183 Å². The molecule has 2 rings (SSSR count). The van der Waals surface area contributed by atoms with E-state index < -0.39 is 5.91 Å². The van der Waals surface area contributed by atoms with Crippen LogP contribution in [0.25, 0.3) is 6.08 Å². The lowest BCUT2D eigenvalue weighted by atomic mass is 10.1. The molecule has 0 aliphatic rings. The van der Waals surface area contributed by atoms with Crippen molar-refractivity contribution in [3.8, 4) is 29.1 Å². The highest BCUT2D eigenvalue weighted by Crippen LogP contribution is 2.31. The van der Waals surface area contributed by atoms with E-state index in [2.05, 4.69) is 5.32 Å². The van der Waals surface area contributed by atoms with Crippen molar-refractivity contribution in [2.75, 3.05) is 21.3 Å². The summed E-state index contributed by atoms with van der Waals surface area (Å²) in [6, 6.07) is 12.6. The molecule has 0 spiro atoms. The molecule has 1 N–H and O–H groups in total. The number of carbonyl (C=O) groups excluding carboxylic acids is 1. The summed E-state index contributed by atoms with van der Waals surface area (Å²) in [5.41, 5.74) is 1.50. The van der Waals surface area contributed by atoms with E-state index in [-0.39, 0.29) is 18.2 Å². The highest BCUT2D eigenvalue weighted by Gasteiger charge is 2.13. The van der Waals surface area contributed by atoms with Gasteiger partial charge in [-0.2, -0.15) is 5.26 Å². The Bertz CT molecular complexity index is 978. The number of hydrogen-bond donors (Lipinski definition) is 1. The Balaban J connectivity index is 2.22. The topological polar surface area (TPSA) is 89.8 Å². The molecule has 164 valence electrons. The van der Waals surface area contributed by atoms with E-state index in [4.69, 9.17) is 18.9 Å². The fourth-order valence-electron chi connectivity index (χ4n) is 2.76. The second kappa shape index (κ2) is 11.5. The first-order valence-electron chi connectivity index (χ1n) is 9.90. The lowest BCUT2D eigenvalue weighted by molar-refractivity contribution is -0.117. The Morgan fingerprint density at radius 2 is 1.77 bits per heavy atom. The number of ether oxygens (including phenoxy) is 4. The number of nitrogens with zero attached hydrogens (tertiary/aromatic N) is 1. The van der Waals surface area contributed by atoms with E-state index in [1.54, 1.807) is 32.4 Å². The highest BCUT2D eigenvalue weighted by molar-refractivity contribution is 6.01. The second-order valence-electron chi connectivity index (χ2n) is 6.83. The molecule has 0 unspecified atom stereocenters. The number of methoxy groups -OCH3 is 3. The number of nitriles is 1. The fraction of sp³-hybridized carbons (Fsp3) is 0.333. The van der Waals surface area contributed by atoms with Gasteiger partial charge in [-0.1, -0.05) is 13.0 Å². The summed E-state index contributed by atoms with van der Waals surface area (Å²) in [4.78, 5) is 12.3. The summed E-state index contributed by atoms with van der Waals surface area (Å²) in [6.07, 6.45) is 2.30. The van der Waals surface area contributed by atoms with Gasteiger partial charge >= 0.3 is 0 Å². The molecular formula is C24H28N2O5. The van der Waals surface area contributed by atoms with E-state index in [0.717, 1.165) is 12.0 Å². The maximum atomic E-state index is 12.3. The summed E-state index contributed by atoms with van der Waals surface area (Å²) in [5, 5.41) is 12.2. The lowest BCUT2D eigenvalue weighted by Crippen LogP contribution is -2.32. The minimum atomic E-state index is -0.402. The van der Waals surface area contributed by atoms with Crippen LogP contribution in [0.15, 0.2) is 42.0 Å². The van der Waals surface area contributed by atoms with Crippen LogP contribution in [0.1, 0.15) is 31.4 Å². The molecule has 7 nitrogen and oxygen atoms in total. The zero-order chi connectivity index (χ0) is 22.8. The number of benzene rings is 2. The third kappa shape index (κ3) is 6.41. The van der Waals surface area contributed by atoms with Gasteiger partial charge in [0.1, 0.15) is 29.7 Å². The third-order valence-corrected chi connectivity index (χ3v) is 4.72. The number of carbonyl (C=O) groups is 1. The number of amides is 1. The monoisotopic (exact) mass is 424 g/mol. The van der Waals surface area contributed by atoms with Gasteiger partial charge in [0.2, 0.25) is 0 Å². The van der Waals surface area contributed by atoms with Gasteiger partial charge in [0, 0.05) is 11.6 Å². The minimum absolute atomic E-state index is 0.0110. The first kappa shape index (κ1) is 23.6. The molecule has 2 aromatic carbocycles. The van der Waals surface area contributed by atoms with Crippen molar-refractivity contribution in [1.82, 2.24) is 5.32 Å². The van der Waals surface area contributed by atoms with Crippen molar-refractivity contribution in [2.45, 2.75) is 32.9 Å². The minimum Gasteiger partial charge on any atom is -0.497 e. The molecular weight excluding hydrogens is 396 g/mol. The quantitative estimate of drug-likeness (QED) is 0.456. The van der Waals surface area contributed by atoms with Crippen molar-refractivity contribution < 1.29 is 23.7 Å². The van der Waals surface area contributed by atoms with Crippen molar-refractivity contribution in [3.63, 3.8) is 0 Å². The first-order chi connectivity index (χ1) is 14.9. The molecule has 0 aliphatic heterocycles. The second-order valence-corrected chi connectivity index (χ2v) is 6.83. The molecule has 0 aromatic heterocycles. The summed E-state index contributed by atoms with van der Waals surface area (Å²) in [5.74, 6) is 1.99. The average molecular weight is 424 g/mol. The smallest absolute Gasteiger partial charge is 0.262 e. The third-order valence-electron chi connectivity index (χ3n) is 4.72. The van der Waals surface area contributed by atoms with Crippen LogP contribution in [0.2, 0.25) is 0 Å². The van der Waals surface area contributed by atoms with Gasteiger partial charge < -0.3 is 24.3 Å². The maximum Gasteiger partial charge on any atom is 0.262 e. The van der Waals surface area contributed by atoms with Gasteiger partial charge in [0.15, 0.2) is 11.5 Å². The van der Waals surface area contributed by atoms with E-state index in [1.807, 2.05) is 38.1 Å². The van der Waals surface area contributed by atoms with E-state index in [9.17, 15) is 10.1 Å². The van der Waals surface area contributed by atoms with Crippen LogP contribution in [-0.4, -0.2) is 33.3 Å². The molecule has 2 aromatic rings. The van der Waals surface area contributed by atoms with Crippen LogP contribution in [0.3, 0.4) is 0 Å². The Hall–Kier alpha value is -3.66. The van der Waals surface area contributed by atoms with Crippen molar-refractivity contribution >= 4 is 12.0 Å². The highest BCUT2D eigenvalue weighted by atomic mass is 16.5. The van der Waals surface area contributed by atoms with Crippen LogP contribution in [0.5, 0.6) is 23.0 Å². The Morgan fingerprint density at radius 1 is 1.06 bits per heavy atom. The fourth-order valence-corrected chi connectivity index (χ4v) is 2.76. The van der Waals surface area contributed by atoms with Gasteiger partial charge in [-0.3, -0.25) is 4.79 Å². The van der Waals surface area contributed by atoms with E-state index in [1.165, 1.54) is 13.2 Å². The SMILES string of the molecule is CC[C@@H](C)NC(=O)/C(C#N)=C/c1ccc(OCc2cc(OC)ccc2OC)c(OC)c1. The summed E-state index contributed by atoms with van der Waals surface area (Å²) in [7, 11) is 4.72. The van der Waals surface area contributed by atoms with Gasteiger partial charge in [-0.05, 0) is 55.3 Å². The molecule has 0 radical (unpaired) electrons. The van der Waals surface area contributed by atoms with E-state index in [0.29, 0.717) is 28.6 Å². The molecule has 0 heterocycles. The van der Waals surface area contributed by atoms with Gasteiger partial charge in [0.25, 0.3) is 5.91 Å². The standard InChI is InChI=1S/C24H28N2O5/c1-6-16(2)26-24(27)18(14-25)11-17-7-9-22(23(12-17)30-5)31-15-19-13-20(28-3)8-10-21(19)29-4/h7-13,16H,6,15H2,1-5H3,(H,26,27)/b18-11+/t16-/m1/s1. The van der Waals surface area contributed by atoms with Gasteiger partial charge in [-0.15, -0.1) is 0 Å². The zero-order valence-electron chi connectivity index (χ0n) is 18.5. The predicted molar refractivity (Wildman–Crippen MR) is 118 cm³/mol. The van der Waals surface area contributed by atoms with Gasteiger partial charge in [-0.25, -0.2) is 0 Å². The first-order valence-corrected chi connectivity index (χ1v) is 9.90. The molecule has 0 fully saturated rings. The van der Waals surface area contributed by atoms with Crippen molar-refractivity contribution in [3.05, 3.63) is 53.1 Å². The van der Waals surface area contributed by atoms with Crippen LogP contribution < -0.4 is 24.3 Å². The zero-order valence-corrected chi connectivity index (χ0v) is 18.5. The molecule has 0 saturated carbocycles. The number of nitrogens with one attached hydrogen (secondary N) is 1. The lowest BCUT2D eigenvalue weighted by Gasteiger charge is -2.14. The molecule has 7 heteroatoms. The van der Waals surface area contributed by atoms with Crippen molar-refractivity contribution in [2.24, 2.45) is 0 Å². The van der Waals surface area contributed by atoms with Crippen LogP contribution >= 0.6 is 0 Å². The average Bonchev–Trinajstić information content (AvgIpc) is 2.80. The summed E-state index contributed by atoms with van der Waals surface area (Å²) in [6.45, 7) is 4.09. The predicted octanol–water partition coefficient (Wildman–Crippen LogP) is 4.11. The normalized spacial score (nSPS) is 11.8. The molecule has 1 atom stereocenters. The number of rotatable bonds is 10. The largest absolute Gasteiger partial charge is 0.497 e. The van der Waals surface area contributed by atoms with Gasteiger partial charge in [0.05, 0.1) is 21.3 Å².